The lowest BCUT2D eigenvalue weighted by Gasteiger charge is -2.41. The number of fused-ring (bicyclic) bond motifs is 4. The van der Waals surface area contributed by atoms with Gasteiger partial charge in [-0.2, -0.15) is 0 Å². The van der Waals surface area contributed by atoms with Crippen LogP contribution in [0.3, 0.4) is 0 Å². The van der Waals surface area contributed by atoms with Crippen LogP contribution in [0.2, 0.25) is 0 Å². The molecule has 4 aliphatic carbocycles. The molecule has 0 aromatic rings. The van der Waals surface area contributed by atoms with Gasteiger partial charge in [-0.05, 0) is 99.7 Å². The summed E-state index contributed by atoms with van der Waals surface area (Å²) in [6.45, 7) is 14.6. The first kappa shape index (κ1) is 31.9. The summed E-state index contributed by atoms with van der Waals surface area (Å²) in [4.78, 5) is 45.9. The van der Waals surface area contributed by atoms with E-state index in [-0.39, 0.29) is 24.4 Å². The number of carbonyl (C=O) groups is 4. The third-order valence-corrected chi connectivity index (χ3v) is 9.58. The molecule has 0 N–H and O–H groups in total. The first-order valence-electron chi connectivity index (χ1n) is 15.0. The molecule has 7 atom stereocenters. The van der Waals surface area contributed by atoms with Crippen LogP contribution in [0.25, 0.3) is 0 Å². The van der Waals surface area contributed by atoms with Gasteiger partial charge in [0.05, 0.1) is 0 Å². The highest BCUT2D eigenvalue weighted by atomic mass is 16.6. The minimum Gasteiger partial charge on any atom is -0.456 e. The maximum atomic E-state index is 12.0. The Kier molecular flexibility index (Phi) is 11.0. The fourth-order valence-corrected chi connectivity index (χ4v) is 7.87. The van der Waals surface area contributed by atoms with Gasteiger partial charge >= 0.3 is 23.9 Å². The van der Waals surface area contributed by atoms with E-state index in [1.54, 1.807) is 0 Å². The molecule has 0 aromatic heterocycles. The second kappa shape index (κ2) is 13.8. The lowest BCUT2D eigenvalue weighted by Crippen LogP contribution is -2.46. The van der Waals surface area contributed by atoms with Crippen LogP contribution in [0, 0.1) is 35.5 Å². The van der Waals surface area contributed by atoms with Gasteiger partial charge in [0.2, 0.25) is 0 Å². The van der Waals surface area contributed by atoms with Crippen molar-refractivity contribution in [1.29, 1.82) is 0 Å². The van der Waals surface area contributed by atoms with E-state index in [9.17, 15) is 19.2 Å². The van der Waals surface area contributed by atoms with Crippen LogP contribution in [-0.2, 0) is 38.1 Å². The Bertz CT molecular complexity index is 957. The van der Waals surface area contributed by atoms with Crippen LogP contribution >= 0.6 is 0 Å². The summed E-state index contributed by atoms with van der Waals surface area (Å²) >= 11 is 0. The van der Waals surface area contributed by atoms with Gasteiger partial charge in [0.15, 0.2) is 13.2 Å². The second-order valence-electron chi connectivity index (χ2n) is 12.7. The predicted molar refractivity (Wildman–Crippen MR) is 150 cm³/mol. The van der Waals surface area contributed by atoms with Gasteiger partial charge in [0, 0.05) is 12.2 Å². The highest BCUT2D eigenvalue weighted by molar-refractivity contribution is 5.84. The highest BCUT2D eigenvalue weighted by Gasteiger charge is 2.56. The lowest BCUT2D eigenvalue weighted by molar-refractivity contribution is -0.181. The second-order valence-corrected chi connectivity index (χ2v) is 12.7. The number of hydrogen-bond acceptors (Lipinski definition) is 8. The maximum Gasteiger partial charge on any atom is 0.344 e. The van der Waals surface area contributed by atoms with Crippen molar-refractivity contribution in [2.45, 2.75) is 103 Å². The quantitative estimate of drug-likeness (QED) is 0.169. The van der Waals surface area contributed by atoms with Crippen molar-refractivity contribution in [2.75, 3.05) is 13.2 Å². The average Bonchev–Trinajstić information content (AvgIpc) is 3.71. The summed E-state index contributed by atoms with van der Waals surface area (Å²) < 4.78 is 21.2. The van der Waals surface area contributed by atoms with Crippen LogP contribution in [0.5, 0.6) is 0 Å². The molecule has 4 saturated carbocycles. The van der Waals surface area contributed by atoms with Crippen molar-refractivity contribution in [1.82, 2.24) is 0 Å². The predicted octanol–water partition coefficient (Wildman–Crippen LogP) is 5.73. The summed E-state index contributed by atoms with van der Waals surface area (Å²) in [6, 6.07) is 0. The fourth-order valence-electron chi connectivity index (χ4n) is 7.87. The number of rotatable bonds is 12. The van der Waals surface area contributed by atoms with Gasteiger partial charge in [0.1, 0.15) is 11.2 Å². The zero-order valence-electron chi connectivity index (χ0n) is 24.8. The van der Waals surface area contributed by atoms with Crippen LogP contribution < -0.4 is 0 Å². The van der Waals surface area contributed by atoms with E-state index in [1.165, 1.54) is 25.7 Å². The number of hydrogen-bond donors (Lipinski definition) is 0. The molecule has 0 aliphatic heterocycles. The van der Waals surface area contributed by atoms with Crippen molar-refractivity contribution >= 4 is 23.9 Å². The van der Waals surface area contributed by atoms with Gasteiger partial charge in [-0.25, -0.2) is 19.2 Å². The molecule has 4 bridgehead atoms. The molecule has 0 radical (unpaired) electrons. The van der Waals surface area contributed by atoms with Crippen molar-refractivity contribution in [3.8, 4) is 0 Å². The SMILES string of the molecule is C=CC(=O)OCC(=O)OC1(C(C)CC)CC2CCC1C2.C=CC(=O)OCC(=O)OC1(CC(C)C)CC2CCC1C2. The van der Waals surface area contributed by atoms with E-state index in [4.69, 9.17) is 18.9 Å². The van der Waals surface area contributed by atoms with E-state index in [0.29, 0.717) is 35.5 Å². The molecule has 0 aromatic carbocycles. The van der Waals surface area contributed by atoms with Crippen LogP contribution in [0.15, 0.2) is 25.3 Å². The van der Waals surface area contributed by atoms with Gasteiger partial charge in [-0.3, -0.25) is 0 Å². The van der Waals surface area contributed by atoms with E-state index in [1.807, 2.05) is 0 Å². The molecule has 8 nitrogen and oxygen atoms in total. The normalized spacial score (nSPS) is 32.0. The zero-order valence-corrected chi connectivity index (χ0v) is 24.8. The summed E-state index contributed by atoms with van der Waals surface area (Å²) in [7, 11) is 0. The molecule has 4 aliphatic rings. The average molecular weight is 561 g/mol. The molecule has 0 heterocycles. The van der Waals surface area contributed by atoms with E-state index < -0.39 is 23.9 Å². The lowest BCUT2D eigenvalue weighted by atomic mass is 9.74. The first-order valence-corrected chi connectivity index (χ1v) is 15.0. The molecule has 224 valence electrons. The molecule has 0 amide bonds. The van der Waals surface area contributed by atoms with Crippen molar-refractivity contribution in [3.63, 3.8) is 0 Å². The fraction of sp³-hybridized carbons (Fsp3) is 0.750. The highest BCUT2D eigenvalue weighted by Crippen LogP contribution is 2.56. The van der Waals surface area contributed by atoms with E-state index >= 15 is 0 Å². The summed E-state index contributed by atoms with van der Waals surface area (Å²) in [5.41, 5.74) is -0.663. The Morgan fingerprint density at radius 2 is 1.32 bits per heavy atom. The van der Waals surface area contributed by atoms with Gasteiger partial charge in [-0.15, -0.1) is 0 Å². The third kappa shape index (κ3) is 7.55. The number of carbonyl (C=O) groups excluding carboxylic acids is 4. The smallest absolute Gasteiger partial charge is 0.344 e. The summed E-state index contributed by atoms with van der Waals surface area (Å²) in [5.74, 6) is 1.12. The topological polar surface area (TPSA) is 105 Å². The molecule has 7 unspecified atom stereocenters. The third-order valence-electron chi connectivity index (χ3n) is 9.58. The summed E-state index contributed by atoms with van der Waals surface area (Å²) in [5, 5.41) is 0. The van der Waals surface area contributed by atoms with Gasteiger partial charge < -0.3 is 18.9 Å². The Hall–Kier alpha value is -2.64. The van der Waals surface area contributed by atoms with Crippen molar-refractivity contribution in [2.24, 2.45) is 35.5 Å². The molecule has 40 heavy (non-hydrogen) atoms. The standard InChI is InChI=1S/2C16H24O4/c1-4-14(17)19-10-15(18)20-16(8-11(2)3)9-12-5-6-13(16)7-12;1-4-11(3)16(9-12-6-7-13(16)8-12)20-15(18)10-19-14(17)5-2/h4,11-13H,1,5-10H2,2-3H3;5,11-13H,2,4,6-10H2,1,3H3. The molecular formula is C32H48O8. The Labute approximate surface area is 239 Å². The molecule has 0 saturated heterocycles. The van der Waals surface area contributed by atoms with Crippen LogP contribution in [0.1, 0.15) is 91.9 Å². The minimum absolute atomic E-state index is 0.317. The Balaban J connectivity index is 0.000000220. The van der Waals surface area contributed by atoms with Crippen molar-refractivity contribution < 1.29 is 38.1 Å². The molecule has 4 fully saturated rings. The van der Waals surface area contributed by atoms with E-state index in [0.717, 1.165) is 50.7 Å². The number of esters is 4. The van der Waals surface area contributed by atoms with Gasteiger partial charge in [0.25, 0.3) is 0 Å². The molecular weight excluding hydrogens is 512 g/mol. The minimum atomic E-state index is -0.590. The first-order chi connectivity index (χ1) is 19.0. The largest absolute Gasteiger partial charge is 0.456 e. The van der Waals surface area contributed by atoms with Crippen molar-refractivity contribution in [3.05, 3.63) is 25.3 Å². The van der Waals surface area contributed by atoms with Gasteiger partial charge in [-0.1, -0.05) is 40.9 Å². The monoisotopic (exact) mass is 560 g/mol. The van der Waals surface area contributed by atoms with Crippen LogP contribution in [0.4, 0.5) is 0 Å². The molecule has 8 heteroatoms. The molecule has 0 spiro atoms. The Morgan fingerprint density at radius 3 is 1.73 bits per heavy atom. The number of ether oxygens (including phenoxy) is 4. The van der Waals surface area contributed by atoms with Crippen LogP contribution in [-0.4, -0.2) is 48.3 Å². The zero-order chi connectivity index (χ0) is 29.5. The Morgan fingerprint density at radius 1 is 0.800 bits per heavy atom. The van der Waals surface area contributed by atoms with E-state index in [2.05, 4.69) is 40.9 Å². The summed E-state index contributed by atoms with van der Waals surface area (Å²) in [6.07, 6.45) is 13.1. The molecule has 4 rings (SSSR count). The maximum absolute atomic E-state index is 12.0.